The lowest BCUT2D eigenvalue weighted by atomic mass is 10.0. The molecule has 0 aliphatic carbocycles. The standard InChI is InChI=1S/C28H29F2N5O2.C2H6/c1-4-34(5-2)16-8-15-31-28-32-25(20-10-6-9-19(17-20)18(3)36)21-13-14-24(37)35(27(21)33-28)26-22(29)11-7-12-23(26)30;1-2/h6-7,9-14,17,36H,3-5,8,15-16H2,1-2H3,(H,31,32,33);1-2H3. The Morgan fingerprint density at radius 1 is 1.03 bits per heavy atom. The van der Waals surface area contributed by atoms with Gasteiger partial charge < -0.3 is 15.3 Å². The number of benzene rings is 2. The monoisotopic (exact) mass is 535 g/mol. The molecule has 0 atom stereocenters. The van der Waals surface area contributed by atoms with E-state index in [4.69, 9.17) is 0 Å². The lowest BCUT2D eigenvalue weighted by Crippen LogP contribution is -2.25. The van der Waals surface area contributed by atoms with Gasteiger partial charge >= 0.3 is 0 Å². The number of nitrogens with zero attached hydrogens (tertiary/aromatic N) is 4. The number of anilines is 1. The van der Waals surface area contributed by atoms with E-state index in [1.165, 1.54) is 18.2 Å². The topological polar surface area (TPSA) is 83.3 Å². The van der Waals surface area contributed by atoms with Crippen molar-refractivity contribution in [1.82, 2.24) is 19.4 Å². The van der Waals surface area contributed by atoms with Crippen LogP contribution in [0.15, 0.2) is 66.0 Å². The van der Waals surface area contributed by atoms with Gasteiger partial charge in [0.1, 0.15) is 23.1 Å². The van der Waals surface area contributed by atoms with E-state index >= 15 is 0 Å². The van der Waals surface area contributed by atoms with Gasteiger partial charge in [-0.05, 0) is 50.3 Å². The molecule has 0 aliphatic heterocycles. The Balaban J connectivity index is 0.00000205. The fourth-order valence-corrected chi connectivity index (χ4v) is 4.22. The summed E-state index contributed by atoms with van der Waals surface area (Å²) < 4.78 is 30.5. The van der Waals surface area contributed by atoms with Crippen LogP contribution in [0.3, 0.4) is 0 Å². The highest BCUT2D eigenvalue weighted by Crippen LogP contribution is 2.30. The molecule has 0 bridgehead atoms. The minimum absolute atomic E-state index is 0.0565. The summed E-state index contributed by atoms with van der Waals surface area (Å²) in [6.07, 6.45) is 0.821. The molecule has 39 heavy (non-hydrogen) atoms. The van der Waals surface area contributed by atoms with Gasteiger partial charge in [0.25, 0.3) is 5.56 Å². The summed E-state index contributed by atoms with van der Waals surface area (Å²) in [5.74, 6) is -1.67. The lowest BCUT2D eigenvalue weighted by molar-refractivity contribution is 0.303. The average Bonchev–Trinajstić information content (AvgIpc) is 2.95. The van der Waals surface area contributed by atoms with E-state index in [9.17, 15) is 18.7 Å². The SMILES string of the molecule is C=C(O)c1cccc(-c2nc(NCCCN(CC)CC)nc3c2ccc(=O)n3-c2c(F)cccc2F)c1.CC. The first-order valence-electron chi connectivity index (χ1n) is 13.2. The molecule has 0 spiro atoms. The van der Waals surface area contributed by atoms with Gasteiger partial charge in [0.2, 0.25) is 5.95 Å². The second kappa shape index (κ2) is 13.6. The zero-order chi connectivity index (χ0) is 28.5. The zero-order valence-electron chi connectivity index (χ0n) is 22.8. The van der Waals surface area contributed by atoms with Crippen molar-refractivity contribution in [3.05, 3.63) is 88.7 Å². The van der Waals surface area contributed by atoms with Crippen molar-refractivity contribution in [2.75, 3.05) is 31.5 Å². The molecule has 2 heterocycles. The van der Waals surface area contributed by atoms with Gasteiger partial charge in [0, 0.05) is 29.1 Å². The minimum atomic E-state index is -0.887. The molecular formula is C30H35F2N5O2. The maximum absolute atomic E-state index is 14.8. The number of aliphatic hydroxyl groups excluding tert-OH is 1. The maximum atomic E-state index is 14.8. The van der Waals surface area contributed by atoms with Crippen molar-refractivity contribution in [3.8, 4) is 16.9 Å². The summed E-state index contributed by atoms with van der Waals surface area (Å²) in [7, 11) is 0. The number of pyridine rings is 1. The molecule has 0 fully saturated rings. The van der Waals surface area contributed by atoms with Crippen LogP contribution in [0.5, 0.6) is 0 Å². The molecule has 0 amide bonds. The molecule has 2 aromatic carbocycles. The van der Waals surface area contributed by atoms with E-state index in [0.29, 0.717) is 28.8 Å². The molecule has 4 rings (SSSR count). The quantitative estimate of drug-likeness (QED) is 0.180. The predicted octanol–water partition coefficient (Wildman–Crippen LogP) is 6.42. The third kappa shape index (κ3) is 6.67. The van der Waals surface area contributed by atoms with Crippen LogP contribution in [-0.4, -0.2) is 50.7 Å². The van der Waals surface area contributed by atoms with E-state index < -0.39 is 22.9 Å². The van der Waals surface area contributed by atoms with Crippen molar-refractivity contribution in [2.24, 2.45) is 0 Å². The van der Waals surface area contributed by atoms with Crippen LogP contribution < -0.4 is 10.9 Å². The first-order valence-corrected chi connectivity index (χ1v) is 13.2. The Kier molecular flexibility index (Phi) is 10.3. The highest BCUT2D eigenvalue weighted by atomic mass is 19.1. The van der Waals surface area contributed by atoms with Crippen molar-refractivity contribution in [3.63, 3.8) is 0 Å². The molecule has 0 radical (unpaired) electrons. The van der Waals surface area contributed by atoms with Gasteiger partial charge in [-0.1, -0.05) is 58.5 Å². The fraction of sp³-hybridized carbons (Fsp3) is 0.300. The summed E-state index contributed by atoms with van der Waals surface area (Å²) >= 11 is 0. The Morgan fingerprint density at radius 3 is 2.33 bits per heavy atom. The minimum Gasteiger partial charge on any atom is -0.508 e. The second-order valence-corrected chi connectivity index (χ2v) is 8.55. The van der Waals surface area contributed by atoms with Gasteiger partial charge in [-0.25, -0.2) is 13.8 Å². The average molecular weight is 536 g/mol. The summed E-state index contributed by atoms with van der Waals surface area (Å²) in [6.45, 7) is 15.1. The van der Waals surface area contributed by atoms with E-state index in [-0.39, 0.29) is 17.4 Å². The summed E-state index contributed by atoms with van der Waals surface area (Å²) in [6, 6.07) is 13.1. The van der Waals surface area contributed by atoms with Gasteiger partial charge in [-0.2, -0.15) is 4.98 Å². The van der Waals surface area contributed by atoms with Crippen LogP contribution in [0.25, 0.3) is 33.7 Å². The van der Waals surface area contributed by atoms with Gasteiger partial charge in [0.15, 0.2) is 5.65 Å². The number of nitrogens with one attached hydrogen (secondary N) is 1. The number of hydrogen-bond donors (Lipinski definition) is 2. The molecule has 7 nitrogen and oxygen atoms in total. The first-order chi connectivity index (χ1) is 18.8. The molecule has 2 N–H and O–H groups in total. The van der Waals surface area contributed by atoms with Gasteiger partial charge in [-0.15, -0.1) is 0 Å². The highest BCUT2D eigenvalue weighted by molar-refractivity contribution is 5.92. The van der Waals surface area contributed by atoms with Crippen LogP contribution in [-0.2, 0) is 0 Å². The van der Waals surface area contributed by atoms with Crippen molar-refractivity contribution >= 4 is 22.7 Å². The summed E-state index contributed by atoms with van der Waals surface area (Å²) in [5.41, 5.74) is 0.460. The smallest absolute Gasteiger partial charge is 0.256 e. The predicted molar refractivity (Wildman–Crippen MR) is 154 cm³/mol. The van der Waals surface area contributed by atoms with Crippen LogP contribution in [0.1, 0.15) is 39.7 Å². The van der Waals surface area contributed by atoms with E-state index in [1.807, 2.05) is 13.8 Å². The molecule has 0 unspecified atom stereocenters. The molecule has 0 saturated carbocycles. The van der Waals surface area contributed by atoms with Crippen molar-refractivity contribution in [2.45, 2.75) is 34.1 Å². The largest absolute Gasteiger partial charge is 0.508 e. The Bertz CT molecular complexity index is 1480. The molecule has 0 saturated heterocycles. The maximum Gasteiger partial charge on any atom is 0.256 e. The van der Waals surface area contributed by atoms with E-state index in [0.717, 1.165) is 42.8 Å². The number of para-hydroxylation sites is 1. The number of aromatic nitrogens is 3. The van der Waals surface area contributed by atoms with Crippen molar-refractivity contribution < 1.29 is 13.9 Å². The number of halogens is 2. The fourth-order valence-electron chi connectivity index (χ4n) is 4.22. The van der Waals surface area contributed by atoms with Crippen LogP contribution in [0, 0.1) is 11.6 Å². The summed E-state index contributed by atoms with van der Waals surface area (Å²) in [4.78, 5) is 24.4. The lowest BCUT2D eigenvalue weighted by Gasteiger charge is -2.18. The molecule has 9 heteroatoms. The van der Waals surface area contributed by atoms with Gasteiger partial charge in [0.05, 0.1) is 5.69 Å². The van der Waals surface area contributed by atoms with Crippen LogP contribution in [0.4, 0.5) is 14.7 Å². The van der Waals surface area contributed by atoms with E-state index in [1.54, 1.807) is 24.3 Å². The van der Waals surface area contributed by atoms with Crippen molar-refractivity contribution in [1.29, 1.82) is 0 Å². The van der Waals surface area contributed by atoms with Crippen LogP contribution in [0.2, 0.25) is 0 Å². The number of rotatable bonds is 10. The Morgan fingerprint density at radius 2 is 1.69 bits per heavy atom. The molecule has 0 aliphatic rings. The third-order valence-electron chi connectivity index (χ3n) is 6.21. The first kappa shape index (κ1) is 29.4. The molecular weight excluding hydrogens is 500 g/mol. The highest BCUT2D eigenvalue weighted by Gasteiger charge is 2.20. The molecule has 2 aromatic heterocycles. The van der Waals surface area contributed by atoms with Gasteiger partial charge in [-0.3, -0.25) is 9.36 Å². The Labute approximate surface area is 227 Å². The summed E-state index contributed by atoms with van der Waals surface area (Å²) in [5, 5.41) is 13.5. The normalized spacial score (nSPS) is 10.8. The molecule has 4 aromatic rings. The molecule has 206 valence electrons. The van der Waals surface area contributed by atoms with E-state index in [2.05, 4.69) is 40.6 Å². The number of fused-ring (bicyclic) bond motifs is 1. The number of hydrogen-bond acceptors (Lipinski definition) is 6. The zero-order valence-corrected chi connectivity index (χ0v) is 22.8. The second-order valence-electron chi connectivity index (χ2n) is 8.55. The number of aliphatic hydroxyl groups is 1. The third-order valence-corrected chi connectivity index (χ3v) is 6.21. The van der Waals surface area contributed by atoms with Crippen LogP contribution >= 0.6 is 0 Å². The Hall–Kier alpha value is -4.11.